The lowest BCUT2D eigenvalue weighted by molar-refractivity contribution is -0.158. The van der Waals surface area contributed by atoms with Gasteiger partial charge >= 0.3 is 5.97 Å². The van der Waals surface area contributed by atoms with Crippen LogP contribution >= 0.6 is 11.8 Å². The number of carbonyl (C=O) groups excluding carboxylic acids is 1. The third kappa shape index (κ3) is 4.33. The zero-order valence-electron chi connectivity index (χ0n) is 16.4. The van der Waals surface area contributed by atoms with Crippen LogP contribution in [0, 0.1) is 0 Å². The summed E-state index contributed by atoms with van der Waals surface area (Å²) >= 11 is 1.26. The molecule has 0 saturated carbocycles. The van der Waals surface area contributed by atoms with Crippen molar-refractivity contribution < 1.29 is 14.6 Å². The zero-order valence-corrected chi connectivity index (χ0v) is 17.2. The minimum Gasteiger partial charge on any atom is -0.511 e. The molecule has 148 valence electrons. The van der Waals surface area contributed by atoms with Crippen LogP contribution < -0.4 is 0 Å². The Kier molecular flexibility index (Phi) is 5.63. The van der Waals surface area contributed by atoms with E-state index in [1.54, 1.807) is 0 Å². The van der Waals surface area contributed by atoms with Crippen LogP contribution in [-0.4, -0.2) is 16.7 Å². The number of esters is 1. The number of hydrogen-bond donors (Lipinski definition) is 1. The molecule has 0 aliphatic carbocycles. The second-order valence-corrected chi connectivity index (χ2v) is 8.63. The maximum atomic E-state index is 12.8. The quantitative estimate of drug-likeness (QED) is 0.481. The van der Waals surface area contributed by atoms with Gasteiger partial charge in [0, 0.05) is 17.7 Å². The number of aliphatic hydroxyl groups excluding tert-OH is 1. The van der Waals surface area contributed by atoms with E-state index in [1.165, 1.54) is 22.5 Å². The molecule has 0 aromatic heterocycles. The summed E-state index contributed by atoms with van der Waals surface area (Å²) in [6.07, 6.45) is 2.51. The number of rotatable bonds is 6. The highest BCUT2D eigenvalue weighted by Gasteiger charge is 2.41. The zero-order chi connectivity index (χ0) is 20.3. The van der Waals surface area contributed by atoms with Crippen molar-refractivity contribution in [2.75, 3.05) is 0 Å². The van der Waals surface area contributed by atoms with Gasteiger partial charge in [0.05, 0.1) is 0 Å². The molecule has 0 radical (unpaired) electrons. The van der Waals surface area contributed by atoms with Crippen molar-refractivity contribution in [3.8, 4) is 0 Å². The highest BCUT2D eigenvalue weighted by molar-refractivity contribution is 8.04. The lowest BCUT2D eigenvalue weighted by atomic mass is 9.84. The summed E-state index contributed by atoms with van der Waals surface area (Å²) in [4.78, 5) is 14.0. The molecule has 0 saturated heterocycles. The Bertz CT molecular complexity index is 1060. The van der Waals surface area contributed by atoms with E-state index in [4.69, 9.17) is 4.74 Å². The second kappa shape index (κ2) is 8.34. The molecule has 1 aliphatic heterocycles. The van der Waals surface area contributed by atoms with Crippen molar-refractivity contribution in [3.05, 3.63) is 89.0 Å². The van der Waals surface area contributed by atoms with Crippen LogP contribution in [0.3, 0.4) is 0 Å². The van der Waals surface area contributed by atoms with Gasteiger partial charge in [-0.1, -0.05) is 85.8 Å². The van der Waals surface area contributed by atoms with Gasteiger partial charge in [-0.3, -0.25) is 0 Å². The third-order valence-electron chi connectivity index (χ3n) is 5.26. The molecule has 0 fully saturated rings. The SMILES string of the molecule is CCCC1(Cc2ccc3ccccc3c2)CC(O)=C(Sc2ccccc2)C(=O)O1. The van der Waals surface area contributed by atoms with E-state index in [9.17, 15) is 9.90 Å². The molecule has 4 heteroatoms. The summed E-state index contributed by atoms with van der Waals surface area (Å²) in [5, 5.41) is 13.1. The summed E-state index contributed by atoms with van der Waals surface area (Å²) in [6.45, 7) is 2.07. The smallest absolute Gasteiger partial charge is 0.349 e. The Morgan fingerprint density at radius 2 is 1.72 bits per heavy atom. The topological polar surface area (TPSA) is 46.5 Å². The van der Waals surface area contributed by atoms with E-state index < -0.39 is 11.6 Å². The number of ether oxygens (including phenoxy) is 1. The first kappa shape index (κ1) is 19.6. The first-order valence-corrected chi connectivity index (χ1v) is 10.8. The maximum absolute atomic E-state index is 12.8. The van der Waals surface area contributed by atoms with Crippen LogP contribution in [0.1, 0.15) is 31.7 Å². The largest absolute Gasteiger partial charge is 0.511 e. The molecular weight excluding hydrogens is 380 g/mol. The summed E-state index contributed by atoms with van der Waals surface area (Å²) in [6, 6.07) is 24.1. The third-order valence-corrected chi connectivity index (χ3v) is 6.37. The van der Waals surface area contributed by atoms with E-state index in [-0.39, 0.29) is 5.76 Å². The molecular formula is C25H24O3S. The van der Waals surface area contributed by atoms with E-state index >= 15 is 0 Å². The average Bonchev–Trinajstić information content (AvgIpc) is 2.72. The van der Waals surface area contributed by atoms with Crippen molar-refractivity contribution >= 4 is 28.5 Å². The maximum Gasteiger partial charge on any atom is 0.349 e. The molecule has 1 unspecified atom stereocenters. The van der Waals surface area contributed by atoms with Crippen molar-refractivity contribution in [2.24, 2.45) is 0 Å². The normalized spacial score (nSPS) is 19.4. The highest BCUT2D eigenvalue weighted by Crippen LogP contribution is 2.41. The number of aliphatic hydroxyl groups is 1. The molecule has 3 nitrogen and oxygen atoms in total. The van der Waals surface area contributed by atoms with Gasteiger partial charge in [-0.25, -0.2) is 4.79 Å². The van der Waals surface area contributed by atoms with Crippen molar-refractivity contribution in [1.82, 2.24) is 0 Å². The molecule has 0 amide bonds. The van der Waals surface area contributed by atoms with Crippen molar-refractivity contribution in [3.63, 3.8) is 0 Å². The van der Waals surface area contributed by atoms with E-state index in [0.717, 1.165) is 16.9 Å². The van der Waals surface area contributed by atoms with Gasteiger partial charge in [0.25, 0.3) is 0 Å². The number of fused-ring (bicyclic) bond motifs is 1. The van der Waals surface area contributed by atoms with Gasteiger partial charge in [-0.05, 0) is 34.9 Å². The average molecular weight is 405 g/mol. The Balaban J connectivity index is 1.61. The van der Waals surface area contributed by atoms with E-state index in [1.807, 2.05) is 42.5 Å². The lowest BCUT2D eigenvalue weighted by Crippen LogP contribution is -2.41. The Hall–Kier alpha value is -2.72. The Labute approximate surface area is 175 Å². The van der Waals surface area contributed by atoms with Crippen LogP contribution in [0.4, 0.5) is 0 Å². The van der Waals surface area contributed by atoms with Crippen LogP contribution in [0.15, 0.2) is 88.4 Å². The summed E-state index contributed by atoms with van der Waals surface area (Å²) in [5.41, 5.74) is 0.399. The molecule has 1 heterocycles. The standard InChI is InChI=1S/C25H24O3S/c1-2-14-25(16-18-12-13-19-8-6-7-9-20(19)15-18)17-22(26)23(24(27)28-25)29-21-10-4-3-5-11-21/h3-13,15,26H,2,14,16-17H2,1H3. The van der Waals surface area contributed by atoms with Crippen LogP contribution in [0.2, 0.25) is 0 Å². The molecule has 0 spiro atoms. The van der Waals surface area contributed by atoms with Gasteiger partial charge in [-0.2, -0.15) is 0 Å². The number of cyclic esters (lactones) is 1. The van der Waals surface area contributed by atoms with Gasteiger partial charge < -0.3 is 9.84 Å². The lowest BCUT2D eigenvalue weighted by Gasteiger charge is -2.37. The minimum absolute atomic E-state index is 0.129. The predicted molar refractivity (Wildman–Crippen MR) is 118 cm³/mol. The molecule has 1 N–H and O–H groups in total. The number of benzene rings is 3. The molecule has 3 aromatic carbocycles. The second-order valence-electron chi connectivity index (χ2n) is 7.55. The van der Waals surface area contributed by atoms with Crippen molar-refractivity contribution in [1.29, 1.82) is 0 Å². The molecule has 3 aromatic rings. The van der Waals surface area contributed by atoms with E-state index in [2.05, 4.69) is 37.3 Å². The number of hydrogen-bond acceptors (Lipinski definition) is 4. The van der Waals surface area contributed by atoms with Gasteiger partial charge in [0.2, 0.25) is 0 Å². The summed E-state index contributed by atoms with van der Waals surface area (Å²) in [7, 11) is 0. The molecule has 0 bridgehead atoms. The van der Waals surface area contributed by atoms with Crippen LogP contribution in [-0.2, 0) is 16.0 Å². The Morgan fingerprint density at radius 1 is 1.00 bits per heavy atom. The summed E-state index contributed by atoms with van der Waals surface area (Å²) in [5.74, 6) is -0.304. The fourth-order valence-electron chi connectivity index (χ4n) is 3.99. The molecule has 4 rings (SSSR count). The van der Waals surface area contributed by atoms with Crippen molar-refractivity contribution in [2.45, 2.75) is 43.1 Å². The highest BCUT2D eigenvalue weighted by atomic mass is 32.2. The van der Waals surface area contributed by atoms with Gasteiger partial charge in [-0.15, -0.1) is 0 Å². The monoisotopic (exact) mass is 404 g/mol. The minimum atomic E-state index is -0.709. The predicted octanol–water partition coefficient (Wildman–Crippen LogP) is 6.43. The van der Waals surface area contributed by atoms with Gasteiger partial charge in [0.15, 0.2) is 0 Å². The molecule has 1 aliphatic rings. The summed E-state index contributed by atoms with van der Waals surface area (Å²) < 4.78 is 6.01. The molecule has 1 atom stereocenters. The number of thioether (sulfide) groups is 1. The Morgan fingerprint density at radius 3 is 2.45 bits per heavy atom. The van der Waals surface area contributed by atoms with Crippen LogP contribution in [0.25, 0.3) is 10.8 Å². The molecule has 29 heavy (non-hydrogen) atoms. The fraction of sp³-hybridized carbons (Fsp3) is 0.240. The number of carbonyl (C=O) groups is 1. The fourth-order valence-corrected chi connectivity index (χ4v) is 4.84. The van der Waals surface area contributed by atoms with E-state index in [0.29, 0.717) is 24.2 Å². The first-order valence-electron chi connectivity index (χ1n) is 9.95. The van der Waals surface area contributed by atoms with Crippen LogP contribution in [0.5, 0.6) is 0 Å². The van der Waals surface area contributed by atoms with Gasteiger partial charge in [0.1, 0.15) is 16.3 Å². The first-order chi connectivity index (χ1) is 14.1.